The van der Waals surface area contributed by atoms with Gasteiger partial charge < -0.3 is 15.2 Å². The summed E-state index contributed by atoms with van der Waals surface area (Å²) in [4.78, 5) is 4.61. The topological polar surface area (TPSA) is 83.1 Å². The SMILES string of the molecule is CC(C)(Nc1cc(-c2cccc(C#N)c2)n(-c2ccc(OC(F)(F)F)cc2)c1O)c1ccc(C2CC2)nc1. The maximum absolute atomic E-state index is 12.6. The molecule has 0 unspecified atom stereocenters. The molecule has 2 heterocycles. The second-order valence-corrected chi connectivity index (χ2v) is 9.83. The fourth-order valence-corrected chi connectivity index (χ4v) is 4.42. The molecule has 1 saturated carbocycles. The Balaban J connectivity index is 1.54. The lowest BCUT2D eigenvalue weighted by molar-refractivity contribution is -0.274. The van der Waals surface area contributed by atoms with Gasteiger partial charge in [0.1, 0.15) is 5.75 Å². The zero-order chi connectivity index (χ0) is 27.1. The number of anilines is 1. The van der Waals surface area contributed by atoms with Crippen molar-refractivity contribution in [1.82, 2.24) is 9.55 Å². The van der Waals surface area contributed by atoms with Crippen molar-refractivity contribution in [2.75, 3.05) is 5.32 Å². The van der Waals surface area contributed by atoms with E-state index in [-0.39, 0.29) is 11.6 Å². The minimum atomic E-state index is -4.81. The normalized spacial score (nSPS) is 13.7. The van der Waals surface area contributed by atoms with Crippen molar-refractivity contribution >= 4 is 5.69 Å². The fraction of sp³-hybridized carbons (Fsp3) is 0.241. The van der Waals surface area contributed by atoms with Crippen LogP contribution in [0.15, 0.2) is 72.9 Å². The van der Waals surface area contributed by atoms with Gasteiger partial charge in [0.15, 0.2) is 0 Å². The third kappa shape index (κ3) is 5.30. The number of benzene rings is 2. The summed E-state index contributed by atoms with van der Waals surface area (Å²) in [6, 6.07) is 20.0. The Morgan fingerprint density at radius 3 is 2.39 bits per heavy atom. The van der Waals surface area contributed by atoms with E-state index in [2.05, 4.69) is 21.1 Å². The lowest BCUT2D eigenvalue weighted by atomic mass is 9.95. The molecule has 1 aliphatic carbocycles. The van der Waals surface area contributed by atoms with Crippen LogP contribution < -0.4 is 10.1 Å². The van der Waals surface area contributed by atoms with Gasteiger partial charge in [-0.1, -0.05) is 18.2 Å². The number of halogens is 3. The number of hydrogen-bond donors (Lipinski definition) is 2. The Kier molecular flexibility index (Phi) is 6.27. The van der Waals surface area contributed by atoms with E-state index in [4.69, 9.17) is 0 Å². The molecular formula is C29H25F3N4O2. The molecule has 0 radical (unpaired) electrons. The molecule has 0 spiro atoms. The number of nitrogens with zero attached hydrogens (tertiary/aromatic N) is 3. The number of rotatable bonds is 7. The minimum absolute atomic E-state index is 0.137. The van der Waals surface area contributed by atoms with Crippen molar-refractivity contribution in [2.45, 2.75) is 44.5 Å². The molecule has 5 rings (SSSR count). The van der Waals surface area contributed by atoms with E-state index in [9.17, 15) is 23.5 Å². The van der Waals surface area contributed by atoms with Crippen LogP contribution >= 0.6 is 0 Å². The van der Waals surface area contributed by atoms with Crippen LogP contribution in [-0.2, 0) is 5.54 Å². The smallest absolute Gasteiger partial charge is 0.493 e. The molecule has 6 nitrogen and oxygen atoms in total. The van der Waals surface area contributed by atoms with Crippen LogP contribution in [0.5, 0.6) is 11.6 Å². The quantitative estimate of drug-likeness (QED) is 0.269. The number of aromatic hydroxyl groups is 1. The number of pyridine rings is 1. The molecule has 9 heteroatoms. The molecule has 2 N–H and O–H groups in total. The molecule has 0 atom stereocenters. The average Bonchev–Trinajstić information content (AvgIpc) is 3.69. The van der Waals surface area contributed by atoms with E-state index in [1.54, 1.807) is 30.3 Å². The summed E-state index contributed by atoms with van der Waals surface area (Å²) in [7, 11) is 0. The van der Waals surface area contributed by atoms with Crippen LogP contribution in [0.25, 0.3) is 16.9 Å². The molecule has 4 aromatic rings. The maximum atomic E-state index is 12.6. The molecule has 0 saturated heterocycles. The van der Waals surface area contributed by atoms with Gasteiger partial charge in [0.2, 0.25) is 5.88 Å². The number of nitriles is 1. The number of ether oxygens (including phenoxy) is 1. The minimum Gasteiger partial charge on any atom is -0.493 e. The molecule has 0 amide bonds. The lowest BCUT2D eigenvalue weighted by Gasteiger charge is -2.27. The molecule has 38 heavy (non-hydrogen) atoms. The number of nitrogens with one attached hydrogen (secondary N) is 1. The second kappa shape index (κ2) is 9.45. The molecule has 2 aromatic carbocycles. The molecule has 0 bridgehead atoms. The molecule has 1 fully saturated rings. The summed E-state index contributed by atoms with van der Waals surface area (Å²) in [6.45, 7) is 3.94. The van der Waals surface area contributed by atoms with E-state index < -0.39 is 11.9 Å². The van der Waals surface area contributed by atoms with Gasteiger partial charge >= 0.3 is 6.36 Å². The summed E-state index contributed by atoms with van der Waals surface area (Å²) in [6.07, 6.45) is -0.650. The third-order valence-corrected chi connectivity index (χ3v) is 6.54. The van der Waals surface area contributed by atoms with Crippen molar-refractivity contribution < 1.29 is 23.0 Å². The lowest BCUT2D eigenvalue weighted by Crippen LogP contribution is -2.28. The Hall–Kier alpha value is -4.45. The van der Waals surface area contributed by atoms with Crippen LogP contribution in [0.1, 0.15) is 49.4 Å². The number of aromatic nitrogens is 2. The Labute approximate surface area is 218 Å². The van der Waals surface area contributed by atoms with Crippen molar-refractivity contribution in [2.24, 2.45) is 0 Å². The summed E-state index contributed by atoms with van der Waals surface area (Å²) >= 11 is 0. The van der Waals surface area contributed by atoms with E-state index in [1.807, 2.05) is 32.2 Å². The van der Waals surface area contributed by atoms with Gasteiger partial charge in [-0.25, -0.2) is 0 Å². The van der Waals surface area contributed by atoms with Crippen LogP contribution in [0, 0.1) is 11.3 Å². The van der Waals surface area contributed by atoms with Gasteiger partial charge in [-0.2, -0.15) is 5.26 Å². The van der Waals surface area contributed by atoms with Crippen molar-refractivity contribution in [3.8, 4) is 34.6 Å². The molecule has 1 aliphatic rings. The van der Waals surface area contributed by atoms with Gasteiger partial charge in [0, 0.05) is 29.1 Å². The van der Waals surface area contributed by atoms with E-state index in [0.29, 0.717) is 34.1 Å². The van der Waals surface area contributed by atoms with Gasteiger partial charge in [0.25, 0.3) is 0 Å². The highest BCUT2D eigenvalue weighted by Crippen LogP contribution is 2.42. The third-order valence-electron chi connectivity index (χ3n) is 6.54. The zero-order valence-corrected chi connectivity index (χ0v) is 20.8. The predicted octanol–water partition coefficient (Wildman–Crippen LogP) is 7.24. The van der Waals surface area contributed by atoms with Crippen LogP contribution in [0.3, 0.4) is 0 Å². The summed E-state index contributed by atoms with van der Waals surface area (Å²) in [5, 5.41) is 24.1. The van der Waals surface area contributed by atoms with E-state index in [0.717, 1.165) is 24.1 Å². The van der Waals surface area contributed by atoms with Gasteiger partial charge in [0.05, 0.1) is 28.6 Å². The highest BCUT2D eigenvalue weighted by Gasteiger charge is 2.31. The first-order valence-corrected chi connectivity index (χ1v) is 12.1. The second-order valence-electron chi connectivity index (χ2n) is 9.83. The number of hydrogen-bond acceptors (Lipinski definition) is 5. The Morgan fingerprint density at radius 1 is 1.05 bits per heavy atom. The van der Waals surface area contributed by atoms with Crippen molar-refractivity contribution in [3.05, 3.63) is 89.7 Å². The van der Waals surface area contributed by atoms with Gasteiger partial charge in [-0.3, -0.25) is 9.55 Å². The first kappa shape index (κ1) is 25.2. The van der Waals surface area contributed by atoms with Crippen molar-refractivity contribution in [1.29, 1.82) is 5.26 Å². The molecule has 2 aromatic heterocycles. The largest absolute Gasteiger partial charge is 0.573 e. The highest BCUT2D eigenvalue weighted by atomic mass is 19.4. The monoisotopic (exact) mass is 518 g/mol. The number of alkyl halides is 3. The molecular weight excluding hydrogens is 493 g/mol. The molecule has 194 valence electrons. The van der Waals surface area contributed by atoms with Gasteiger partial charge in [-0.15, -0.1) is 13.2 Å². The standard InChI is InChI=1S/C29H25F3N4O2/c1-28(2,21-8-13-24(34-17-21)19-6-7-19)35-25-15-26(20-5-3-4-18(14-20)16-33)36(27(25)37)22-9-11-23(12-10-22)38-29(30,31)32/h3-5,8-15,17,19,35,37H,6-7H2,1-2H3. The first-order chi connectivity index (χ1) is 18.0. The van der Waals surface area contributed by atoms with E-state index >= 15 is 0 Å². The average molecular weight is 519 g/mol. The van der Waals surface area contributed by atoms with Gasteiger partial charge in [-0.05, 0) is 80.8 Å². The summed E-state index contributed by atoms with van der Waals surface area (Å²) < 4.78 is 43.4. The van der Waals surface area contributed by atoms with Crippen LogP contribution in [0.4, 0.5) is 18.9 Å². The Bertz CT molecular complexity index is 1500. The predicted molar refractivity (Wildman–Crippen MR) is 137 cm³/mol. The maximum Gasteiger partial charge on any atom is 0.573 e. The summed E-state index contributed by atoms with van der Waals surface area (Å²) in [5.41, 5.74) is 3.84. The first-order valence-electron chi connectivity index (χ1n) is 12.1. The fourth-order valence-electron chi connectivity index (χ4n) is 4.42. The van der Waals surface area contributed by atoms with Crippen molar-refractivity contribution in [3.63, 3.8) is 0 Å². The van der Waals surface area contributed by atoms with E-state index in [1.165, 1.54) is 28.8 Å². The zero-order valence-electron chi connectivity index (χ0n) is 20.8. The Morgan fingerprint density at radius 2 is 1.79 bits per heavy atom. The highest BCUT2D eigenvalue weighted by molar-refractivity contribution is 5.75. The molecule has 0 aliphatic heterocycles. The summed E-state index contributed by atoms with van der Waals surface area (Å²) in [5.74, 6) is 0.0304. The van der Waals surface area contributed by atoms with Crippen LogP contribution in [0.2, 0.25) is 0 Å². The van der Waals surface area contributed by atoms with Crippen LogP contribution in [-0.4, -0.2) is 21.0 Å².